The number of hydrogen-bond acceptors (Lipinski definition) is 5. The molecule has 36 heavy (non-hydrogen) atoms. The number of alkyl halides is 2. The van der Waals surface area contributed by atoms with Crippen molar-refractivity contribution >= 4 is 37.3 Å². The van der Waals surface area contributed by atoms with Gasteiger partial charge in [0.05, 0.1) is 17.2 Å². The van der Waals surface area contributed by atoms with E-state index in [1.54, 1.807) is 23.1 Å². The van der Waals surface area contributed by atoms with Gasteiger partial charge in [0.2, 0.25) is 20.0 Å². The van der Waals surface area contributed by atoms with E-state index in [9.17, 15) is 30.4 Å². The van der Waals surface area contributed by atoms with E-state index in [-0.39, 0.29) is 15.9 Å². The largest absolute Gasteiger partial charge is 0.307 e. The Bertz CT molecular complexity index is 1440. The number of amides is 1. The number of benzene rings is 2. The van der Waals surface area contributed by atoms with Crippen LogP contribution in [0.4, 0.5) is 20.2 Å². The Morgan fingerprint density at radius 2 is 1.72 bits per heavy atom. The number of carbonyl (C=O) groups is 1. The minimum atomic E-state index is -4.22. The van der Waals surface area contributed by atoms with E-state index in [1.165, 1.54) is 24.3 Å². The molecule has 5 rings (SSSR count). The average molecular weight is 540 g/mol. The number of hydrogen-bond donors (Lipinski definition) is 2. The molecule has 12 heteroatoms. The van der Waals surface area contributed by atoms with Gasteiger partial charge in [-0.25, -0.2) is 30.3 Å². The third kappa shape index (κ3) is 4.73. The Hall–Kier alpha value is -2.57. The molecule has 3 aliphatic rings. The molecule has 8 nitrogen and oxygen atoms in total. The Kier molecular flexibility index (Phi) is 5.92. The van der Waals surface area contributed by atoms with E-state index in [1.807, 2.05) is 4.72 Å². The maximum atomic E-state index is 13.6. The van der Waals surface area contributed by atoms with E-state index in [2.05, 4.69) is 4.72 Å². The van der Waals surface area contributed by atoms with Gasteiger partial charge in [-0.3, -0.25) is 9.52 Å². The molecule has 1 atom stereocenters. The van der Waals surface area contributed by atoms with Crippen LogP contribution in [-0.4, -0.2) is 47.5 Å². The molecule has 1 spiro atoms. The highest BCUT2D eigenvalue weighted by Gasteiger charge is 2.58. The number of rotatable bonds is 6. The van der Waals surface area contributed by atoms with Crippen LogP contribution in [0, 0.1) is 0 Å². The second-order valence-electron chi connectivity index (χ2n) is 10.0. The normalized spacial score (nSPS) is 22.3. The summed E-state index contributed by atoms with van der Waals surface area (Å²) in [5, 5.41) is 0. The highest BCUT2D eigenvalue weighted by atomic mass is 32.2. The first kappa shape index (κ1) is 25.1. The van der Waals surface area contributed by atoms with Gasteiger partial charge in [0.15, 0.2) is 0 Å². The zero-order valence-electron chi connectivity index (χ0n) is 19.6. The molecule has 2 saturated carbocycles. The predicted octanol–water partition coefficient (Wildman–Crippen LogP) is 3.61. The quantitative estimate of drug-likeness (QED) is 0.583. The maximum Gasteiger partial charge on any atom is 0.266 e. The standard InChI is InChI=1S/C24H27F2N3O5S2/c1-35(31,32)27-17-8-9-20-19(13-17)23(10-3-2-4-11-23)15-29(20)22(30)16-6-5-7-18(12-16)36(33,34)28-21-14-24(21,25)26/h5-9,12-13,21,27-28H,2-4,10-11,14-15H2,1H3. The molecule has 0 aromatic heterocycles. The maximum absolute atomic E-state index is 13.6. The lowest BCUT2D eigenvalue weighted by Crippen LogP contribution is -2.38. The van der Waals surface area contributed by atoms with E-state index in [0.29, 0.717) is 17.9 Å². The van der Waals surface area contributed by atoms with Gasteiger partial charge in [0.1, 0.15) is 0 Å². The van der Waals surface area contributed by atoms with Crippen molar-refractivity contribution in [2.75, 3.05) is 22.4 Å². The van der Waals surface area contributed by atoms with Crippen molar-refractivity contribution in [1.29, 1.82) is 0 Å². The minimum absolute atomic E-state index is 0.123. The fourth-order valence-corrected chi connectivity index (χ4v) is 7.19. The molecular weight excluding hydrogens is 512 g/mol. The second-order valence-corrected chi connectivity index (χ2v) is 13.5. The van der Waals surface area contributed by atoms with Gasteiger partial charge in [-0.1, -0.05) is 25.3 Å². The number of carbonyl (C=O) groups excluding carboxylic acids is 1. The molecule has 2 aromatic carbocycles. The summed E-state index contributed by atoms with van der Waals surface area (Å²) < 4.78 is 79.8. The van der Waals surface area contributed by atoms with Crippen LogP contribution in [0.25, 0.3) is 0 Å². The molecule has 1 aliphatic heterocycles. The van der Waals surface area contributed by atoms with E-state index < -0.39 is 44.3 Å². The van der Waals surface area contributed by atoms with E-state index in [4.69, 9.17) is 0 Å². The van der Waals surface area contributed by atoms with Gasteiger partial charge in [0, 0.05) is 35.3 Å². The molecule has 194 valence electrons. The monoisotopic (exact) mass is 539 g/mol. The Morgan fingerprint density at radius 1 is 1.03 bits per heavy atom. The summed E-state index contributed by atoms with van der Waals surface area (Å²) in [4.78, 5) is 15.0. The first-order valence-electron chi connectivity index (χ1n) is 11.7. The lowest BCUT2D eigenvalue weighted by molar-refractivity contribution is 0.0981. The van der Waals surface area contributed by atoms with Crippen LogP contribution in [0.1, 0.15) is 54.4 Å². The first-order valence-corrected chi connectivity index (χ1v) is 15.1. The number of fused-ring (bicyclic) bond motifs is 2. The predicted molar refractivity (Wildman–Crippen MR) is 131 cm³/mol. The van der Waals surface area contributed by atoms with Gasteiger partial charge >= 0.3 is 0 Å². The third-order valence-corrected chi connectivity index (χ3v) is 9.27. The van der Waals surface area contributed by atoms with Crippen molar-refractivity contribution in [3.8, 4) is 0 Å². The van der Waals surface area contributed by atoms with Crippen molar-refractivity contribution in [2.24, 2.45) is 0 Å². The SMILES string of the molecule is CS(=O)(=O)Nc1ccc2c(c1)C1(CCCCC1)CN2C(=O)c1cccc(S(=O)(=O)NC2CC2(F)F)c1. The molecule has 1 heterocycles. The summed E-state index contributed by atoms with van der Waals surface area (Å²) in [5.74, 6) is -3.46. The van der Waals surface area contributed by atoms with Gasteiger partial charge in [-0.2, -0.15) is 0 Å². The van der Waals surface area contributed by atoms with Crippen LogP contribution in [0.5, 0.6) is 0 Å². The van der Waals surface area contributed by atoms with Crippen LogP contribution < -0.4 is 14.3 Å². The highest BCUT2D eigenvalue weighted by Crippen LogP contribution is 2.50. The Labute approximate surface area is 209 Å². The van der Waals surface area contributed by atoms with Crippen LogP contribution in [0.2, 0.25) is 0 Å². The van der Waals surface area contributed by atoms with Crippen LogP contribution in [-0.2, 0) is 25.5 Å². The topological polar surface area (TPSA) is 113 Å². The number of anilines is 2. The zero-order valence-corrected chi connectivity index (χ0v) is 21.3. The van der Waals surface area contributed by atoms with Crippen LogP contribution in [0.3, 0.4) is 0 Å². The van der Waals surface area contributed by atoms with Gasteiger partial charge < -0.3 is 4.90 Å². The number of sulfonamides is 2. The summed E-state index contributed by atoms with van der Waals surface area (Å²) in [5.41, 5.74) is 1.78. The first-order chi connectivity index (χ1) is 16.8. The molecule has 2 aliphatic carbocycles. The fraction of sp³-hybridized carbons (Fsp3) is 0.458. The summed E-state index contributed by atoms with van der Waals surface area (Å²) in [6, 6.07) is 9.05. The van der Waals surface area contributed by atoms with Gasteiger partial charge in [-0.05, 0) is 54.8 Å². The molecule has 1 unspecified atom stereocenters. The summed E-state index contributed by atoms with van der Waals surface area (Å²) in [7, 11) is -7.70. The van der Waals surface area contributed by atoms with E-state index in [0.717, 1.165) is 43.9 Å². The molecule has 1 amide bonds. The molecule has 0 radical (unpaired) electrons. The summed E-state index contributed by atoms with van der Waals surface area (Å²) in [6.45, 7) is 0.396. The fourth-order valence-electron chi connectivity index (χ4n) is 5.33. The lowest BCUT2D eigenvalue weighted by Gasteiger charge is -2.34. The summed E-state index contributed by atoms with van der Waals surface area (Å²) >= 11 is 0. The average Bonchev–Trinajstić information content (AvgIpc) is 3.28. The molecule has 2 N–H and O–H groups in total. The summed E-state index contributed by atoms with van der Waals surface area (Å²) in [6.07, 6.45) is 5.27. The van der Waals surface area contributed by atoms with Crippen LogP contribution >= 0.6 is 0 Å². The lowest BCUT2D eigenvalue weighted by atomic mass is 9.70. The molecule has 0 bridgehead atoms. The number of nitrogens with one attached hydrogen (secondary N) is 2. The Balaban J connectivity index is 1.47. The van der Waals surface area contributed by atoms with Crippen molar-refractivity contribution in [3.05, 3.63) is 53.6 Å². The third-order valence-electron chi connectivity index (χ3n) is 7.19. The molecule has 2 fully saturated rings. The van der Waals surface area contributed by atoms with Crippen LogP contribution in [0.15, 0.2) is 47.4 Å². The van der Waals surface area contributed by atoms with Gasteiger partial charge in [-0.15, -0.1) is 0 Å². The van der Waals surface area contributed by atoms with Crippen molar-refractivity contribution in [2.45, 2.75) is 60.8 Å². The highest BCUT2D eigenvalue weighted by molar-refractivity contribution is 7.92. The Morgan fingerprint density at radius 3 is 2.36 bits per heavy atom. The van der Waals surface area contributed by atoms with E-state index >= 15 is 0 Å². The molecular formula is C24H27F2N3O5S2. The smallest absolute Gasteiger partial charge is 0.266 e. The second kappa shape index (κ2) is 8.49. The zero-order chi connectivity index (χ0) is 25.9. The number of halogens is 2. The van der Waals surface area contributed by atoms with Crippen molar-refractivity contribution in [1.82, 2.24) is 4.72 Å². The van der Waals surface area contributed by atoms with Crippen molar-refractivity contribution < 1.29 is 30.4 Å². The van der Waals surface area contributed by atoms with Gasteiger partial charge in [0.25, 0.3) is 11.8 Å². The number of nitrogens with zero attached hydrogens (tertiary/aromatic N) is 1. The molecule has 0 saturated heterocycles. The minimum Gasteiger partial charge on any atom is -0.307 e. The van der Waals surface area contributed by atoms with Crippen molar-refractivity contribution in [3.63, 3.8) is 0 Å². The molecule has 2 aromatic rings.